The van der Waals surface area contributed by atoms with Crippen LogP contribution in [0.2, 0.25) is 0 Å². The Morgan fingerprint density at radius 3 is 2.50 bits per heavy atom. The van der Waals surface area contributed by atoms with Crippen LogP contribution in [0.1, 0.15) is 4.88 Å². The third-order valence-corrected chi connectivity index (χ3v) is 7.10. The first-order valence-corrected chi connectivity index (χ1v) is 10.3. The number of benzene rings is 1. The molecular weight excluding hydrogens is 463 g/mol. The zero-order valence-corrected chi connectivity index (χ0v) is 16.9. The minimum atomic E-state index is -3.43. The van der Waals surface area contributed by atoms with Gasteiger partial charge in [-0.05, 0) is 59.0 Å². The van der Waals surface area contributed by atoms with E-state index >= 15 is 0 Å². The molecule has 2 rings (SSSR count). The fourth-order valence-corrected chi connectivity index (χ4v) is 4.51. The van der Waals surface area contributed by atoms with Gasteiger partial charge in [0.1, 0.15) is 9.96 Å². The van der Waals surface area contributed by atoms with Gasteiger partial charge >= 0.3 is 0 Å². The Kier molecular flexibility index (Phi) is 6.61. The summed E-state index contributed by atoms with van der Waals surface area (Å²) in [6.07, 6.45) is 0. The van der Waals surface area contributed by atoms with Crippen molar-refractivity contribution in [3.63, 3.8) is 0 Å². The van der Waals surface area contributed by atoms with Gasteiger partial charge in [-0.1, -0.05) is 0 Å². The predicted molar refractivity (Wildman–Crippen MR) is 102 cm³/mol. The first kappa shape index (κ1) is 19.2. The zero-order chi connectivity index (χ0) is 17.7. The number of hydrogen-bond donors (Lipinski definition) is 1. The normalized spacial score (nSPS) is 11.5. The van der Waals surface area contributed by atoms with Gasteiger partial charge in [-0.25, -0.2) is 12.7 Å². The quantitative estimate of drug-likeness (QED) is 0.618. The molecule has 0 aliphatic carbocycles. The molecule has 2 aromatic rings. The second-order valence-electron chi connectivity index (χ2n) is 5.03. The van der Waals surface area contributed by atoms with Crippen LogP contribution in [0.3, 0.4) is 0 Å². The van der Waals surface area contributed by atoms with Crippen LogP contribution in [-0.2, 0) is 21.4 Å². The van der Waals surface area contributed by atoms with E-state index in [1.807, 2.05) is 12.1 Å². The Morgan fingerprint density at radius 1 is 1.21 bits per heavy atom. The lowest BCUT2D eigenvalue weighted by Gasteiger charge is -2.08. The number of sulfonamides is 1. The minimum Gasteiger partial charge on any atom is -0.484 e. The van der Waals surface area contributed by atoms with E-state index in [4.69, 9.17) is 4.74 Å². The maximum atomic E-state index is 12.0. The molecule has 0 bridgehead atoms. The molecular formula is C15H17IN2O4S2. The zero-order valence-electron chi connectivity index (χ0n) is 13.2. The van der Waals surface area contributed by atoms with Gasteiger partial charge in [0.15, 0.2) is 6.61 Å². The molecule has 0 saturated heterocycles. The fourth-order valence-electron chi connectivity index (χ4n) is 1.69. The molecule has 0 saturated carbocycles. The van der Waals surface area contributed by atoms with Crippen molar-refractivity contribution >= 4 is 49.9 Å². The second kappa shape index (κ2) is 8.28. The van der Waals surface area contributed by atoms with E-state index in [0.717, 1.165) is 24.1 Å². The molecule has 0 aliphatic heterocycles. The van der Waals surface area contributed by atoms with Gasteiger partial charge in [0.25, 0.3) is 15.9 Å². The molecule has 1 amide bonds. The first-order chi connectivity index (χ1) is 11.3. The van der Waals surface area contributed by atoms with Crippen LogP contribution in [0.15, 0.2) is 40.6 Å². The number of carbonyl (C=O) groups excluding carboxylic acids is 1. The summed E-state index contributed by atoms with van der Waals surface area (Å²) < 4.78 is 31.9. The topological polar surface area (TPSA) is 75.7 Å². The third-order valence-electron chi connectivity index (χ3n) is 3.02. The number of ether oxygens (including phenoxy) is 1. The monoisotopic (exact) mass is 480 g/mol. The number of halogens is 1. The largest absolute Gasteiger partial charge is 0.484 e. The van der Waals surface area contributed by atoms with Crippen LogP contribution < -0.4 is 10.1 Å². The Bertz CT molecular complexity index is 801. The lowest BCUT2D eigenvalue weighted by Crippen LogP contribution is -2.28. The predicted octanol–water partition coefficient (Wildman–Crippen LogP) is 2.30. The van der Waals surface area contributed by atoms with Crippen LogP contribution in [0.25, 0.3) is 0 Å². The molecule has 1 heterocycles. The lowest BCUT2D eigenvalue weighted by molar-refractivity contribution is -0.123. The highest BCUT2D eigenvalue weighted by molar-refractivity contribution is 14.1. The third kappa shape index (κ3) is 5.16. The molecule has 1 N–H and O–H groups in total. The van der Waals surface area contributed by atoms with Gasteiger partial charge in [0.2, 0.25) is 0 Å². The number of amides is 1. The van der Waals surface area contributed by atoms with E-state index in [0.29, 0.717) is 5.75 Å². The van der Waals surface area contributed by atoms with E-state index in [-0.39, 0.29) is 23.3 Å². The van der Waals surface area contributed by atoms with Gasteiger partial charge in [-0.15, -0.1) is 11.3 Å². The van der Waals surface area contributed by atoms with Crippen molar-refractivity contribution in [1.29, 1.82) is 0 Å². The lowest BCUT2D eigenvalue weighted by atomic mass is 10.3. The van der Waals surface area contributed by atoms with Crippen LogP contribution in [0, 0.1) is 3.57 Å². The molecule has 0 fully saturated rings. The van der Waals surface area contributed by atoms with E-state index in [9.17, 15) is 13.2 Å². The number of hydrogen-bond acceptors (Lipinski definition) is 5. The summed E-state index contributed by atoms with van der Waals surface area (Å²) >= 11 is 3.33. The summed E-state index contributed by atoms with van der Waals surface area (Å²) in [5.74, 6) is 0.361. The van der Waals surface area contributed by atoms with Crippen molar-refractivity contribution in [2.24, 2.45) is 0 Å². The average Bonchev–Trinajstić information content (AvgIpc) is 3.02. The molecule has 9 heteroatoms. The number of thiophene rings is 1. The minimum absolute atomic E-state index is 0.0885. The molecule has 6 nitrogen and oxygen atoms in total. The summed E-state index contributed by atoms with van der Waals surface area (Å²) in [5, 5.41) is 2.71. The Morgan fingerprint density at radius 2 is 1.88 bits per heavy atom. The first-order valence-electron chi connectivity index (χ1n) is 6.95. The second-order valence-corrected chi connectivity index (χ2v) is 9.82. The Labute approximate surface area is 159 Å². The van der Waals surface area contributed by atoms with Crippen molar-refractivity contribution < 1.29 is 17.9 Å². The van der Waals surface area contributed by atoms with Gasteiger partial charge in [0.05, 0.1) is 6.54 Å². The summed E-state index contributed by atoms with van der Waals surface area (Å²) in [6, 6.07) is 10.6. The summed E-state index contributed by atoms with van der Waals surface area (Å²) in [4.78, 5) is 12.6. The average molecular weight is 480 g/mol. The van der Waals surface area contributed by atoms with Crippen LogP contribution in [0.4, 0.5) is 0 Å². The number of rotatable bonds is 7. The number of carbonyl (C=O) groups is 1. The maximum Gasteiger partial charge on any atom is 0.258 e. The van der Waals surface area contributed by atoms with E-state index in [1.165, 1.54) is 14.1 Å². The highest BCUT2D eigenvalue weighted by Gasteiger charge is 2.19. The molecule has 0 unspecified atom stereocenters. The molecule has 130 valence electrons. The van der Waals surface area contributed by atoms with E-state index < -0.39 is 10.0 Å². The summed E-state index contributed by atoms with van der Waals surface area (Å²) in [6.45, 7) is 0.178. The molecule has 0 aliphatic rings. The van der Waals surface area contributed by atoms with Crippen molar-refractivity contribution in [2.45, 2.75) is 10.8 Å². The van der Waals surface area contributed by atoms with Gasteiger partial charge < -0.3 is 10.1 Å². The molecule has 24 heavy (non-hydrogen) atoms. The van der Waals surface area contributed by atoms with Gasteiger partial charge in [0, 0.05) is 22.5 Å². The summed E-state index contributed by atoms with van der Waals surface area (Å²) in [7, 11) is -0.461. The van der Waals surface area contributed by atoms with E-state index in [2.05, 4.69) is 27.9 Å². The number of nitrogens with one attached hydrogen (secondary N) is 1. The molecule has 0 spiro atoms. The van der Waals surface area contributed by atoms with E-state index in [1.54, 1.807) is 24.3 Å². The van der Waals surface area contributed by atoms with Crippen molar-refractivity contribution in [2.75, 3.05) is 20.7 Å². The molecule has 1 aromatic carbocycles. The highest BCUT2D eigenvalue weighted by atomic mass is 127. The van der Waals surface area contributed by atoms with Crippen molar-refractivity contribution in [3.05, 3.63) is 44.8 Å². The smallest absolute Gasteiger partial charge is 0.258 e. The fraction of sp³-hybridized carbons (Fsp3) is 0.267. The molecule has 0 radical (unpaired) electrons. The summed E-state index contributed by atoms with van der Waals surface area (Å²) in [5.41, 5.74) is 0. The highest BCUT2D eigenvalue weighted by Crippen LogP contribution is 2.23. The van der Waals surface area contributed by atoms with Gasteiger partial charge in [-0.3, -0.25) is 4.79 Å². The van der Waals surface area contributed by atoms with Crippen LogP contribution in [-0.4, -0.2) is 39.3 Å². The van der Waals surface area contributed by atoms with Crippen LogP contribution >= 0.6 is 33.9 Å². The SMILES string of the molecule is CN(C)S(=O)(=O)c1ccc(CNC(=O)COc2ccc(I)cc2)s1. The van der Waals surface area contributed by atoms with Crippen molar-refractivity contribution in [1.82, 2.24) is 9.62 Å². The Balaban J connectivity index is 1.84. The standard InChI is InChI=1S/C15H17IN2O4S2/c1-18(2)24(20,21)15-8-7-13(23-15)9-17-14(19)10-22-12-5-3-11(16)4-6-12/h3-8H,9-10H2,1-2H3,(H,17,19). The van der Waals surface area contributed by atoms with Crippen LogP contribution in [0.5, 0.6) is 5.75 Å². The molecule has 1 aromatic heterocycles. The van der Waals surface area contributed by atoms with Gasteiger partial charge in [-0.2, -0.15) is 0 Å². The maximum absolute atomic E-state index is 12.0. The number of nitrogens with zero attached hydrogens (tertiary/aromatic N) is 1. The molecule has 0 atom stereocenters. The Hall–Kier alpha value is -1.17. The van der Waals surface area contributed by atoms with Crippen molar-refractivity contribution in [3.8, 4) is 5.75 Å².